The van der Waals surface area contributed by atoms with Crippen LogP contribution in [0.15, 0.2) is 60.7 Å². The van der Waals surface area contributed by atoms with Gasteiger partial charge < -0.3 is 24.1 Å². The summed E-state index contributed by atoms with van der Waals surface area (Å²) in [6, 6.07) is 19.2. The first-order valence-corrected chi connectivity index (χ1v) is 11.3. The Kier molecular flexibility index (Phi) is 7.38. The van der Waals surface area contributed by atoms with E-state index in [-0.39, 0.29) is 17.6 Å². The molecule has 32 heavy (non-hydrogen) atoms. The number of Topliss-reactive ketones (excluding diaryl/α,β-unsaturated/α-hetero) is 1. The Morgan fingerprint density at radius 2 is 1.34 bits per heavy atom. The van der Waals surface area contributed by atoms with Crippen molar-refractivity contribution in [2.45, 2.75) is 51.7 Å². The average molecular weight is 441 g/mol. The Morgan fingerprint density at radius 1 is 0.844 bits per heavy atom. The van der Waals surface area contributed by atoms with Crippen LogP contribution in [0.25, 0.3) is 0 Å². The molecule has 2 saturated heterocycles. The molecule has 0 unspecified atom stereocenters. The molecular weight excluding hydrogens is 408 g/mol. The molecule has 0 radical (unpaired) electrons. The molecule has 0 bridgehead atoms. The van der Waals surface area contributed by atoms with Gasteiger partial charge in [-0.15, -0.1) is 0 Å². The standard InChI is InChI=1S/C26H32O6/c1-16-14-29-25(19-10-6-4-7-11-19)31-23(16)21(27)18(3)22(28)24-17(2)15-30-26(32-24)20-12-8-5-9-13-20/h4-13,16-18,21,23-27H,14-15H2,1-3H3/t16-,17+,18+,21-,23-,24+,25-,26+/m1/s1. The molecule has 2 heterocycles. The van der Waals surface area contributed by atoms with Gasteiger partial charge in [0.05, 0.1) is 25.4 Å². The maximum atomic E-state index is 13.4. The van der Waals surface area contributed by atoms with E-state index in [1.807, 2.05) is 74.5 Å². The lowest BCUT2D eigenvalue weighted by atomic mass is 9.84. The SMILES string of the molecule is C[C@@H]1CO[C@@H](c2ccccc2)O[C@H]1[C@H](O)[C@H](C)C(=O)[C@H]1O[C@@H](c2ccccc2)OC[C@@H]1C. The third-order valence-corrected chi connectivity index (χ3v) is 6.37. The number of hydrogen-bond acceptors (Lipinski definition) is 6. The Labute approximate surface area is 189 Å². The van der Waals surface area contributed by atoms with Crippen molar-refractivity contribution in [1.82, 2.24) is 0 Å². The van der Waals surface area contributed by atoms with Gasteiger partial charge in [0, 0.05) is 28.9 Å². The molecule has 2 fully saturated rings. The molecule has 0 saturated carbocycles. The largest absolute Gasteiger partial charge is 0.390 e. The number of benzene rings is 2. The number of rotatable bonds is 6. The molecule has 0 aromatic heterocycles. The van der Waals surface area contributed by atoms with Gasteiger partial charge in [0.15, 0.2) is 18.4 Å². The highest BCUT2D eigenvalue weighted by Gasteiger charge is 2.43. The third-order valence-electron chi connectivity index (χ3n) is 6.37. The first kappa shape index (κ1) is 23.1. The average Bonchev–Trinajstić information content (AvgIpc) is 2.84. The highest BCUT2D eigenvalue weighted by molar-refractivity contribution is 5.86. The number of carbonyl (C=O) groups excluding carboxylic acids is 1. The van der Waals surface area contributed by atoms with Crippen molar-refractivity contribution in [2.75, 3.05) is 13.2 Å². The zero-order valence-corrected chi connectivity index (χ0v) is 18.8. The van der Waals surface area contributed by atoms with Gasteiger partial charge >= 0.3 is 0 Å². The summed E-state index contributed by atoms with van der Waals surface area (Å²) in [4.78, 5) is 13.4. The van der Waals surface area contributed by atoms with Gasteiger partial charge in [-0.1, -0.05) is 81.4 Å². The smallest absolute Gasteiger partial charge is 0.184 e. The van der Waals surface area contributed by atoms with Crippen LogP contribution in [0, 0.1) is 17.8 Å². The van der Waals surface area contributed by atoms with E-state index < -0.39 is 36.8 Å². The minimum Gasteiger partial charge on any atom is -0.390 e. The Bertz CT molecular complexity index is 872. The molecule has 6 heteroatoms. The number of aliphatic hydroxyl groups is 1. The fraction of sp³-hybridized carbons (Fsp3) is 0.500. The van der Waals surface area contributed by atoms with Crippen molar-refractivity contribution in [3.63, 3.8) is 0 Å². The van der Waals surface area contributed by atoms with Crippen LogP contribution in [-0.4, -0.2) is 42.4 Å². The quantitative estimate of drug-likeness (QED) is 0.730. The summed E-state index contributed by atoms with van der Waals surface area (Å²) in [5.41, 5.74) is 1.76. The van der Waals surface area contributed by atoms with Gasteiger partial charge in [0.2, 0.25) is 0 Å². The van der Waals surface area contributed by atoms with Crippen molar-refractivity contribution in [3.8, 4) is 0 Å². The van der Waals surface area contributed by atoms with Crippen molar-refractivity contribution in [2.24, 2.45) is 17.8 Å². The fourth-order valence-corrected chi connectivity index (χ4v) is 4.33. The van der Waals surface area contributed by atoms with Crippen LogP contribution in [0.3, 0.4) is 0 Å². The molecule has 0 aliphatic carbocycles. The van der Waals surface area contributed by atoms with E-state index >= 15 is 0 Å². The zero-order valence-electron chi connectivity index (χ0n) is 18.8. The topological polar surface area (TPSA) is 74.2 Å². The van der Waals surface area contributed by atoms with Crippen LogP contribution in [0.2, 0.25) is 0 Å². The summed E-state index contributed by atoms with van der Waals surface area (Å²) in [5.74, 6) is -0.945. The number of aliphatic hydroxyl groups excluding tert-OH is 1. The molecular formula is C26H32O6. The van der Waals surface area contributed by atoms with Gasteiger partial charge in [0.1, 0.15) is 6.10 Å². The lowest BCUT2D eigenvalue weighted by Crippen LogP contribution is -2.50. The van der Waals surface area contributed by atoms with Crippen molar-refractivity contribution < 1.29 is 28.8 Å². The summed E-state index contributed by atoms with van der Waals surface area (Å²) < 4.78 is 23.9. The molecule has 4 rings (SSSR count). The Morgan fingerprint density at radius 3 is 1.91 bits per heavy atom. The Hall–Kier alpha value is -2.09. The fourth-order valence-electron chi connectivity index (χ4n) is 4.33. The molecule has 0 amide bonds. The van der Waals surface area contributed by atoms with Gasteiger partial charge in [-0.25, -0.2) is 0 Å². The van der Waals surface area contributed by atoms with Gasteiger partial charge in [-0.2, -0.15) is 0 Å². The molecule has 172 valence electrons. The van der Waals surface area contributed by atoms with Crippen molar-refractivity contribution in [3.05, 3.63) is 71.8 Å². The highest BCUT2D eigenvalue weighted by Crippen LogP contribution is 2.35. The number of carbonyl (C=O) groups is 1. The van der Waals surface area contributed by atoms with Crippen LogP contribution in [-0.2, 0) is 23.7 Å². The van der Waals surface area contributed by atoms with Gasteiger partial charge in [-0.05, 0) is 0 Å². The van der Waals surface area contributed by atoms with E-state index in [9.17, 15) is 9.90 Å². The summed E-state index contributed by atoms with van der Waals surface area (Å²) in [5, 5.41) is 11.2. The second-order valence-corrected chi connectivity index (χ2v) is 8.95. The second kappa shape index (κ2) is 10.2. The minimum atomic E-state index is -0.971. The predicted octanol–water partition coefficient (Wildman–Crippen LogP) is 4.05. The molecule has 2 aliphatic heterocycles. The van der Waals surface area contributed by atoms with E-state index in [2.05, 4.69) is 0 Å². The summed E-state index contributed by atoms with van der Waals surface area (Å²) in [7, 11) is 0. The highest BCUT2D eigenvalue weighted by atomic mass is 16.7. The first-order valence-electron chi connectivity index (χ1n) is 11.3. The second-order valence-electron chi connectivity index (χ2n) is 8.95. The van der Waals surface area contributed by atoms with E-state index in [1.165, 1.54) is 0 Å². The molecule has 8 atom stereocenters. The summed E-state index contributed by atoms with van der Waals surface area (Å²) >= 11 is 0. The van der Waals surface area contributed by atoms with Crippen LogP contribution >= 0.6 is 0 Å². The normalized spacial score (nSPS) is 32.8. The molecule has 1 N–H and O–H groups in total. The van der Waals surface area contributed by atoms with E-state index in [0.717, 1.165) is 11.1 Å². The van der Waals surface area contributed by atoms with Crippen LogP contribution in [0.5, 0.6) is 0 Å². The molecule has 0 spiro atoms. The summed E-state index contributed by atoms with van der Waals surface area (Å²) in [6.45, 7) is 6.51. The third kappa shape index (κ3) is 4.95. The maximum Gasteiger partial charge on any atom is 0.184 e. The maximum absolute atomic E-state index is 13.4. The first-order chi connectivity index (χ1) is 15.5. The van der Waals surface area contributed by atoms with Crippen molar-refractivity contribution in [1.29, 1.82) is 0 Å². The van der Waals surface area contributed by atoms with Crippen LogP contribution in [0.4, 0.5) is 0 Å². The van der Waals surface area contributed by atoms with Gasteiger partial charge in [-0.3, -0.25) is 4.79 Å². The summed E-state index contributed by atoms with van der Waals surface area (Å²) in [6.07, 6.45) is -3.30. The zero-order chi connectivity index (χ0) is 22.7. The van der Waals surface area contributed by atoms with Crippen LogP contribution < -0.4 is 0 Å². The monoisotopic (exact) mass is 440 g/mol. The lowest BCUT2D eigenvalue weighted by Gasteiger charge is -2.40. The number of ketones is 1. The van der Waals surface area contributed by atoms with E-state index in [4.69, 9.17) is 18.9 Å². The number of ether oxygens (including phenoxy) is 4. The van der Waals surface area contributed by atoms with Crippen molar-refractivity contribution >= 4 is 5.78 Å². The molecule has 2 aliphatic rings. The number of hydrogen-bond donors (Lipinski definition) is 1. The van der Waals surface area contributed by atoms with Crippen LogP contribution in [0.1, 0.15) is 44.5 Å². The minimum absolute atomic E-state index is 0.0506. The van der Waals surface area contributed by atoms with E-state index in [0.29, 0.717) is 13.2 Å². The van der Waals surface area contributed by atoms with Gasteiger partial charge in [0.25, 0.3) is 0 Å². The molecule has 2 aromatic carbocycles. The lowest BCUT2D eigenvalue weighted by molar-refractivity contribution is -0.264. The Balaban J connectivity index is 1.44. The molecule has 2 aromatic rings. The predicted molar refractivity (Wildman–Crippen MR) is 119 cm³/mol. The molecule has 6 nitrogen and oxygen atoms in total. The van der Waals surface area contributed by atoms with E-state index in [1.54, 1.807) is 6.92 Å².